The zero-order chi connectivity index (χ0) is 41.3. The van der Waals surface area contributed by atoms with Crippen LogP contribution in [0.15, 0.2) is 83.5 Å². The lowest BCUT2D eigenvalue weighted by atomic mass is 9.74. The number of nitrogens with two attached hydrogens (primary N) is 1. The third-order valence-electron chi connectivity index (χ3n) is 10.2. The molecule has 3 aromatic rings. The van der Waals surface area contributed by atoms with Gasteiger partial charge in [-0.2, -0.15) is 0 Å². The molecule has 6 amide bonds. The van der Waals surface area contributed by atoms with Crippen molar-refractivity contribution >= 4 is 35.4 Å². The van der Waals surface area contributed by atoms with E-state index in [1.807, 2.05) is 12.1 Å². The Morgan fingerprint density at radius 1 is 0.966 bits per heavy atom. The van der Waals surface area contributed by atoms with Gasteiger partial charge in [0, 0.05) is 57.8 Å². The quantitative estimate of drug-likeness (QED) is 0.149. The Morgan fingerprint density at radius 3 is 2.50 bits per heavy atom. The van der Waals surface area contributed by atoms with E-state index in [1.165, 1.54) is 11.2 Å². The van der Waals surface area contributed by atoms with E-state index in [1.54, 1.807) is 55.6 Å². The normalized spacial score (nSPS) is 21.8. The van der Waals surface area contributed by atoms with E-state index in [2.05, 4.69) is 26.6 Å². The molecule has 3 heterocycles. The molecule has 2 aliphatic heterocycles. The molecule has 2 bridgehead atoms. The van der Waals surface area contributed by atoms with Crippen LogP contribution in [0.4, 0.5) is 0 Å². The molecule has 0 aliphatic carbocycles. The van der Waals surface area contributed by atoms with Gasteiger partial charge in [0.1, 0.15) is 23.6 Å². The molecule has 0 saturated carbocycles. The molecule has 2 aliphatic rings. The molecule has 2 aromatic carbocycles. The first-order valence-electron chi connectivity index (χ1n) is 19.5. The van der Waals surface area contributed by atoms with Gasteiger partial charge in [0.05, 0.1) is 38.4 Å². The Kier molecular flexibility index (Phi) is 16.0. The number of carbonyl (C=O) groups is 6. The van der Waals surface area contributed by atoms with Gasteiger partial charge in [0.15, 0.2) is 0 Å². The summed E-state index contributed by atoms with van der Waals surface area (Å²) >= 11 is 0. The van der Waals surface area contributed by atoms with E-state index in [9.17, 15) is 28.8 Å². The van der Waals surface area contributed by atoms with Crippen molar-refractivity contribution in [2.45, 2.75) is 57.2 Å². The van der Waals surface area contributed by atoms with Crippen LogP contribution in [0, 0.1) is 5.41 Å². The first-order chi connectivity index (χ1) is 28.1. The maximum atomic E-state index is 14.6. The minimum Gasteiger partial charge on any atom is -0.497 e. The number of nitrogens with zero attached hydrogens (tertiary/aromatic N) is 1. The second-order valence-electron chi connectivity index (χ2n) is 14.4. The van der Waals surface area contributed by atoms with Crippen LogP contribution in [0.25, 0.3) is 0 Å². The van der Waals surface area contributed by atoms with Crippen LogP contribution in [0.2, 0.25) is 0 Å². The van der Waals surface area contributed by atoms with Crippen molar-refractivity contribution in [2.75, 3.05) is 53.0 Å². The average Bonchev–Trinajstić information content (AvgIpc) is 3.75. The van der Waals surface area contributed by atoms with Crippen molar-refractivity contribution in [3.8, 4) is 5.75 Å². The average molecular weight is 800 g/mol. The number of hydrogen-bond donors (Lipinski definition) is 6. The molecule has 58 heavy (non-hydrogen) atoms. The number of fused-ring (bicyclic) bond motifs is 3. The molecule has 1 aromatic heterocycles. The molecule has 3 atom stereocenters. The van der Waals surface area contributed by atoms with Crippen molar-refractivity contribution in [3.63, 3.8) is 0 Å². The van der Waals surface area contributed by atoms with Crippen LogP contribution in [0.5, 0.6) is 5.75 Å². The van der Waals surface area contributed by atoms with E-state index in [4.69, 9.17) is 19.6 Å². The molecule has 1 saturated heterocycles. The molecule has 310 valence electrons. The lowest BCUT2D eigenvalue weighted by Gasteiger charge is -2.42. The fraction of sp³-hybridized carbons (Fsp3) is 0.429. The summed E-state index contributed by atoms with van der Waals surface area (Å²) in [5.74, 6) is -1.71. The zero-order valence-corrected chi connectivity index (χ0v) is 32.8. The minimum absolute atomic E-state index is 0.00997. The van der Waals surface area contributed by atoms with Crippen LogP contribution in [-0.2, 0) is 59.3 Å². The molecule has 0 unspecified atom stereocenters. The van der Waals surface area contributed by atoms with Crippen molar-refractivity contribution in [2.24, 2.45) is 11.1 Å². The number of ether oxygens (including phenoxy) is 2. The second-order valence-corrected chi connectivity index (χ2v) is 14.4. The van der Waals surface area contributed by atoms with E-state index >= 15 is 0 Å². The first-order valence-corrected chi connectivity index (χ1v) is 19.5. The molecular weight excluding hydrogens is 747 g/mol. The number of benzene rings is 2. The summed E-state index contributed by atoms with van der Waals surface area (Å²) in [5.41, 5.74) is 6.44. The molecule has 0 spiro atoms. The van der Waals surface area contributed by atoms with Gasteiger partial charge >= 0.3 is 0 Å². The van der Waals surface area contributed by atoms with Gasteiger partial charge in [-0.05, 0) is 66.6 Å². The third kappa shape index (κ3) is 12.5. The topological polar surface area (TPSA) is 223 Å². The van der Waals surface area contributed by atoms with Gasteiger partial charge in [-0.1, -0.05) is 36.4 Å². The van der Waals surface area contributed by atoms with Crippen molar-refractivity contribution in [3.05, 3.63) is 102 Å². The predicted octanol–water partition coefficient (Wildman–Crippen LogP) is 0.678. The fourth-order valence-electron chi connectivity index (χ4n) is 7.12. The highest BCUT2D eigenvalue weighted by Gasteiger charge is 2.44. The molecule has 1 fully saturated rings. The minimum atomic E-state index is -1.14. The third-order valence-corrected chi connectivity index (χ3v) is 10.2. The number of hydrogen-bond acceptors (Lipinski definition) is 10. The number of amides is 6. The summed E-state index contributed by atoms with van der Waals surface area (Å²) in [5, 5.41) is 14.2. The lowest BCUT2D eigenvalue weighted by Crippen LogP contribution is -2.58. The first kappa shape index (κ1) is 43.1. The summed E-state index contributed by atoms with van der Waals surface area (Å²) in [6, 6.07) is 15.8. The van der Waals surface area contributed by atoms with Crippen LogP contribution in [0.1, 0.15) is 41.7 Å². The Bertz CT molecular complexity index is 1900. The van der Waals surface area contributed by atoms with Crippen LogP contribution >= 0.6 is 0 Å². The molecular formula is C42H53N7O9. The maximum absolute atomic E-state index is 14.6. The zero-order valence-electron chi connectivity index (χ0n) is 32.8. The number of nitrogens with one attached hydrogen (secondary N) is 5. The van der Waals surface area contributed by atoms with E-state index < -0.39 is 52.9 Å². The number of piperidine rings is 1. The van der Waals surface area contributed by atoms with E-state index in [0.29, 0.717) is 55.2 Å². The molecule has 16 heteroatoms. The Morgan fingerprint density at radius 2 is 1.76 bits per heavy atom. The van der Waals surface area contributed by atoms with Gasteiger partial charge in [-0.15, -0.1) is 0 Å². The van der Waals surface area contributed by atoms with Gasteiger partial charge in [0.25, 0.3) is 0 Å². The Hall–Kier alpha value is -6.00. The smallest absolute Gasteiger partial charge is 0.246 e. The second kappa shape index (κ2) is 21.5. The standard InChI is InChI=1S/C42H53N7O9/c1-56-32-11-9-29(10-12-32)26-42-16-5-20-49(28-42)38(52)14-13-36(50)44-18-15-34(39(53)45-19-23-57-22-17-43)47-37(51)24-30-6-2-3-7-31(30)27-46-40(54)35(48-41(42)55)25-33-8-4-21-58-33/h2-4,6-14,21,34-35H,5,15-20,22-28,43H2,1H3,(H,44,50)(H,45,53)(H,46,54)(H,47,51)(H,48,55)/b14-13+/t34-,35-,42+/m0/s1. The number of furan rings is 1. The molecule has 16 nitrogen and oxygen atoms in total. The highest BCUT2D eigenvalue weighted by atomic mass is 16.5. The Labute approximate surface area is 337 Å². The Balaban J connectivity index is 1.44. The number of rotatable bonds is 11. The number of methoxy groups -OCH3 is 1. The van der Waals surface area contributed by atoms with Gasteiger partial charge < -0.3 is 51.1 Å². The summed E-state index contributed by atoms with van der Waals surface area (Å²) in [6.45, 7) is 1.52. The summed E-state index contributed by atoms with van der Waals surface area (Å²) in [6.07, 6.45) is 4.93. The van der Waals surface area contributed by atoms with Crippen LogP contribution in [0.3, 0.4) is 0 Å². The molecule has 5 rings (SSSR count). The highest BCUT2D eigenvalue weighted by Crippen LogP contribution is 2.35. The van der Waals surface area contributed by atoms with Gasteiger partial charge in [0.2, 0.25) is 35.4 Å². The summed E-state index contributed by atoms with van der Waals surface area (Å²) in [4.78, 5) is 83.3. The largest absolute Gasteiger partial charge is 0.497 e. The maximum Gasteiger partial charge on any atom is 0.246 e. The lowest BCUT2D eigenvalue weighted by molar-refractivity contribution is -0.141. The summed E-state index contributed by atoms with van der Waals surface area (Å²) < 4.78 is 16.3. The van der Waals surface area contributed by atoms with Gasteiger partial charge in [-0.25, -0.2) is 0 Å². The van der Waals surface area contributed by atoms with Crippen LogP contribution in [-0.4, -0.2) is 105 Å². The summed E-state index contributed by atoms with van der Waals surface area (Å²) in [7, 11) is 1.57. The van der Waals surface area contributed by atoms with Crippen molar-refractivity contribution in [1.82, 2.24) is 31.5 Å². The molecule has 0 radical (unpaired) electrons. The van der Waals surface area contributed by atoms with Gasteiger partial charge in [-0.3, -0.25) is 28.8 Å². The highest BCUT2D eigenvalue weighted by molar-refractivity contribution is 5.97. The predicted molar refractivity (Wildman–Crippen MR) is 213 cm³/mol. The molecule has 7 N–H and O–H groups in total. The van der Waals surface area contributed by atoms with Crippen molar-refractivity contribution < 1.29 is 42.7 Å². The number of carbonyl (C=O) groups excluding carboxylic acids is 6. The fourth-order valence-corrected chi connectivity index (χ4v) is 7.12. The monoisotopic (exact) mass is 799 g/mol. The van der Waals surface area contributed by atoms with Crippen molar-refractivity contribution in [1.29, 1.82) is 0 Å². The van der Waals surface area contributed by atoms with Crippen LogP contribution < -0.4 is 37.1 Å². The van der Waals surface area contributed by atoms with E-state index in [-0.39, 0.29) is 58.5 Å². The van der Waals surface area contributed by atoms with E-state index in [0.717, 1.165) is 17.7 Å². The SMILES string of the molecule is COc1ccc(C[C@]23CCCN(C2)C(=O)/C=C/C(=O)NCC[C@@H](C(=O)NCCOCCN)NC(=O)Cc2ccccc2CNC(=O)[C@H](Cc2ccco2)NC3=O)cc1.